The van der Waals surface area contributed by atoms with Gasteiger partial charge in [-0.2, -0.15) is 0 Å². The summed E-state index contributed by atoms with van der Waals surface area (Å²) in [5, 5.41) is 15.1. The molecule has 0 aliphatic rings. The van der Waals surface area contributed by atoms with Crippen molar-refractivity contribution in [3.63, 3.8) is 0 Å². The number of rotatable bonds is 6. The number of anilines is 1. The normalized spacial score (nSPS) is 10.4. The van der Waals surface area contributed by atoms with Gasteiger partial charge in [0.25, 0.3) is 0 Å². The van der Waals surface area contributed by atoms with Crippen molar-refractivity contribution in [1.29, 1.82) is 0 Å². The van der Waals surface area contributed by atoms with E-state index in [0.29, 0.717) is 11.6 Å². The lowest BCUT2D eigenvalue weighted by molar-refractivity contribution is -0.387. The molecule has 1 N–H and O–H groups in total. The van der Waals surface area contributed by atoms with Gasteiger partial charge in [0, 0.05) is 16.5 Å². The number of hydrogen-bond donors (Lipinski definition) is 1. The van der Waals surface area contributed by atoms with E-state index in [9.17, 15) is 10.1 Å². The summed E-state index contributed by atoms with van der Waals surface area (Å²) in [5.41, 5.74) is -0.115. The van der Waals surface area contributed by atoms with Gasteiger partial charge in [-0.25, -0.2) is 9.97 Å². The first-order valence-electron chi connectivity index (χ1n) is 6.28. The number of benzene rings is 1. The summed E-state index contributed by atoms with van der Waals surface area (Å²) in [6, 6.07) is 7.08. The summed E-state index contributed by atoms with van der Waals surface area (Å²) in [4.78, 5) is 19.6. The number of halogens is 1. The minimum Gasteiger partial charge on any atom is -0.364 e. The minimum atomic E-state index is -0.467. The molecule has 0 unspecified atom stereocenters. The number of hydrogen-bond acceptors (Lipinski definition) is 6. The van der Waals surface area contributed by atoms with Crippen LogP contribution in [-0.2, 0) is 0 Å². The molecule has 0 saturated heterocycles. The molecule has 2 aromatic rings. The van der Waals surface area contributed by atoms with Gasteiger partial charge in [0.15, 0.2) is 5.03 Å². The van der Waals surface area contributed by atoms with Gasteiger partial charge in [0.05, 0.1) is 4.92 Å². The molecule has 2 rings (SSSR count). The Morgan fingerprint density at radius 2 is 2.24 bits per heavy atom. The van der Waals surface area contributed by atoms with Gasteiger partial charge in [-0.3, -0.25) is 10.1 Å². The van der Waals surface area contributed by atoms with Crippen molar-refractivity contribution in [2.45, 2.75) is 23.3 Å². The van der Waals surface area contributed by atoms with E-state index in [-0.39, 0.29) is 16.5 Å². The van der Waals surface area contributed by atoms with Crippen molar-refractivity contribution in [2.75, 3.05) is 11.9 Å². The Hall–Kier alpha value is -1.86. The Balaban J connectivity index is 2.36. The summed E-state index contributed by atoms with van der Waals surface area (Å²) in [6.07, 6.45) is 2.16. The van der Waals surface area contributed by atoms with Crippen molar-refractivity contribution in [3.8, 4) is 0 Å². The highest BCUT2D eigenvalue weighted by Gasteiger charge is 2.23. The summed E-state index contributed by atoms with van der Waals surface area (Å²) in [5.74, 6) is 0.237. The van der Waals surface area contributed by atoms with Crippen molar-refractivity contribution in [1.82, 2.24) is 9.97 Å². The van der Waals surface area contributed by atoms with Crippen LogP contribution < -0.4 is 5.32 Å². The number of nitrogens with zero attached hydrogens (tertiary/aromatic N) is 3. The molecule has 21 heavy (non-hydrogen) atoms. The maximum atomic E-state index is 11.3. The van der Waals surface area contributed by atoms with E-state index in [0.717, 1.165) is 11.3 Å². The molecule has 0 atom stereocenters. The number of aromatic nitrogens is 2. The van der Waals surface area contributed by atoms with Crippen molar-refractivity contribution in [2.24, 2.45) is 0 Å². The topological polar surface area (TPSA) is 81.0 Å². The highest BCUT2D eigenvalue weighted by molar-refractivity contribution is 7.99. The smallest absolute Gasteiger partial charge is 0.343 e. The maximum absolute atomic E-state index is 11.3. The van der Waals surface area contributed by atoms with E-state index in [4.69, 9.17) is 11.6 Å². The van der Waals surface area contributed by atoms with Crippen LogP contribution in [0.5, 0.6) is 0 Å². The average Bonchev–Trinajstić information content (AvgIpc) is 2.45. The standard InChI is InChI=1S/C13H13ClN4O2S/c1-2-6-15-12-11(18(19)20)13(17-8-16-12)21-10-5-3-4-9(14)7-10/h3-5,7-8H,2,6H2,1H3,(H,15,16,17). The van der Waals surface area contributed by atoms with Crippen LogP contribution in [-0.4, -0.2) is 21.4 Å². The Morgan fingerprint density at radius 1 is 1.43 bits per heavy atom. The zero-order valence-corrected chi connectivity index (χ0v) is 12.8. The lowest BCUT2D eigenvalue weighted by Crippen LogP contribution is -2.07. The second-order valence-electron chi connectivity index (χ2n) is 4.12. The zero-order chi connectivity index (χ0) is 15.2. The van der Waals surface area contributed by atoms with E-state index in [1.165, 1.54) is 18.1 Å². The second kappa shape index (κ2) is 7.24. The lowest BCUT2D eigenvalue weighted by Gasteiger charge is -2.07. The molecule has 0 amide bonds. The molecule has 0 bridgehead atoms. The van der Waals surface area contributed by atoms with Crippen molar-refractivity contribution < 1.29 is 4.92 Å². The van der Waals surface area contributed by atoms with Crippen LogP contribution in [0, 0.1) is 10.1 Å². The summed E-state index contributed by atoms with van der Waals surface area (Å²) in [6.45, 7) is 2.58. The van der Waals surface area contributed by atoms with Crippen LogP contribution in [0.25, 0.3) is 0 Å². The van der Waals surface area contributed by atoms with Crippen LogP contribution in [0.4, 0.5) is 11.5 Å². The fourth-order valence-electron chi connectivity index (χ4n) is 1.62. The summed E-state index contributed by atoms with van der Waals surface area (Å²) < 4.78 is 0. The van der Waals surface area contributed by atoms with E-state index in [2.05, 4.69) is 15.3 Å². The first kappa shape index (κ1) is 15.5. The first-order valence-corrected chi connectivity index (χ1v) is 7.48. The SMILES string of the molecule is CCCNc1ncnc(Sc2cccc(Cl)c2)c1[N+](=O)[O-]. The van der Waals surface area contributed by atoms with Gasteiger partial charge < -0.3 is 5.32 Å². The molecule has 0 spiro atoms. The van der Waals surface area contributed by atoms with Gasteiger partial charge in [0.1, 0.15) is 6.33 Å². The number of nitro groups is 1. The van der Waals surface area contributed by atoms with Crippen molar-refractivity contribution in [3.05, 3.63) is 45.7 Å². The predicted octanol–water partition coefficient (Wildman–Crippen LogP) is 4.01. The molecule has 1 aromatic heterocycles. The Morgan fingerprint density at radius 3 is 2.90 bits per heavy atom. The fraction of sp³-hybridized carbons (Fsp3) is 0.231. The first-order chi connectivity index (χ1) is 10.1. The van der Waals surface area contributed by atoms with Crippen LogP contribution in [0.1, 0.15) is 13.3 Å². The Labute approximate surface area is 131 Å². The monoisotopic (exact) mass is 324 g/mol. The highest BCUT2D eigenvalue weighted by atomic mass is 35.5. The minimum absolute atomic E-state index is 0.115. The molecule has 8 heteroatoms. The molecule has 110 valence electrons. The molecule has 0 fully saturated rings. The Kier molecular flexibility index (Phi) is 5.35. The maximum Gasteiger partial charge on any atom is 0.343 e. The molecular formula is C13H13ClN4O2S. The Bertz CT molecular complexity index is 654. The van der Waals surface area contributed by atoms with Crippen LogP contribution in [0.3, 0.4) is 0 Å². The molecule has 0 aliphatic heterocycles. The van der Waals surface area contributed by atoms with E-state index in [1.54, 1.807) is 18.2 Å². The van der Waals surface area contributed by atoms with Gasteiger partial charge in [0.2, 0.25) is 5.82 Å². The molecule has 6 nitrogen and oxygen atoms in total. The molecule has 1 heterocycles. The van der Waals surface area contributed by atoms with Gasteiger partial charge in [-0.1, -0.05) is 36.4 Å². The van der Waals surface area contributed by atoms with Crippen molar-refractivity contribution >= 4 is 34.9 Å². The molecular weight excluding hydrogens is 312 g/mol. The van der Waals surface area contributed by atoms with E-state index in [1.807, 2.05) is 13.0 Å². The quantitative estimate of drug-likeness (QED) is 0.491. The summed E-state index contributed by atoms with van der Waals surface area (Å²) >= 11 is 7.11. The molecule has 0 aliphatic carbocycles. The number of nitrogens with one attached hydrogen (secondary N) is 1. The third-order valence-corrected chi connectivity index (χ3v) is 3.74. The highest BCUT2D eigenvalue weighted by Crippen LogP contribution is 2.37. The van der Waals surface area contributed by atoms with Gasteiger partial charge in [-0.15, -0.1) is 0 Å². The van der Waals surface area contributed by atoms with Crippen LogP contribution >= 0.6 is 23.4 Å². The molecule has 0 saturated carbocycles. The van der Waals surface area contributed by atoms with Crippen LogP contribution in [0.15, 0.2) is 40.5 Å². The van der Waals surface area contributed by atoms with E-state index >= 15 is 0 Å². The second-order valence-corrected chi connectivity index (χ2v) is 5.62. The molecule has 0 radical (unpaired) electrons. The summed E-state index contributed by atoms with van der Waals surface area (Å²) in [7, 11) is 0. The van der Waals surface area contributed by atoms with E-state index < -0.39 is 4.92 Å². The third-order valence-electron chi connectivity index (χ3n) is 2.52. The lowest BCUT2D eigenvalue weighted by atomic mass is 10.4. The average molecular weight is 325 g/mol. The zero-order valence-electron chi connectivity index (χ0n) is 11.2. The predicted molar refractivity (Wildman–Crippen MR) is 83.0 cm³/mol. The van der Waals surface area contributed by atoms with Crippen LogP contribution in [0.2, 0.25) is 5.02 Å². The fourth-order valence-corrected chi connectivity index (χ4v) is 2.80. The molecule has 1 aromatic carbocycles. The largest absolute Gasteiger partial charge is 0.364 e. The van der Waals surface area contributed by atoms with Gasteiger partial charge in [-0.05, 0) is 24.6 Å². The third kappa shape index (κ3) is 4.05. The van der Waals surface area contributed by atoms with Gasteiger partial charge >= 0.3 is 5.69 Å².